The lowest BCUT2D eigenvalue weighted by atomic mass is 9.95. The molecule has 0 aliphatic heterocycles. The van der Waals surface area contributed by atoms with Crippen molar-refractivity contribution in [3.05, 3.63) is 107 Å². The van der Waals surface area contributed by atoms with Gasteiger partial charge in [-0.05, 0) is 42.3 Å². The molecule has 0 spiro atoms. The minimum atomic E-state index is -0.157. The van der Waals surface area contributed by atoms with E-state index < -0.39 is 0 Å². The summed E-state index contributed by atoms with van der Waals surface area (Å²) in [5.74, 6) is -0.370. The van der Waals surface area contributed by atoms with E-state index in [1.54, 1.807) is 45.6 Å². The first-order valence-electron chi connectivity index (χ1n) is 13.3. The molecule has 0 saturated carbocycles. The molecule has 0 aromatic heterocycles. The molecule has 0 amide bonds. The number of methoxy groups -OCH3 is 3. The van der Waals surface area contributed by atoms with Gasteiger partial charge in [0, 0.05) is 46.3 Å². The summed E-state index contributed by atoms with van der Waals surface area (Å²) in [4.78, 5) is 0. The number of hydrogen-bond acceptors (Lipinski definition) is 8. The van der Waals surface area contributed by atoms with Gasteiger partial charge in [0.15, 0.2) is 20.2 Å². The normalized spacial score (nSPS) is 11.1. The van der Waals surface area contributed by atoms with Gasteiger partial charge in [0.25, 0.3) is 0 Å². The molecular weight excluding hydrogens is 538 g/mol. The van der Waals surface area contributed by atoms with Gasteiger partial charge < -0.3 is 39.7 Å². The van der Waals surface area contributed by atoms with Gasteiger partial charge in [0.05, 0.1) is 0 Å². The van der Waals surface area contributed by atoms with Crippen LogP contribution in [0.1, 0.15) is 27.8 Å². The Morgan fingerprint density at radius 2 is 1.02 bits per heavy atom. The standard InChI is InChI=1S/C21H20O5.C12H20NO3/c1-12-6-15(8-13-2-4-17(22)10-19(13)24)21(26)16(7-12)9-14-3-5-18(23)11-20(14)25;1-14-9-13(10-15-2,11-16-3)12-7-5-4-6-8-12/h2-7,10-11,22-26H,8-9H2,1H3;4-8H,9-11H2,1-3H3/q;+1/p-1. The first-order valence-corrected chi connectivity index (χ1v) is 13.3. The van der Waals surface area contributed by atoms with Gasteiger partial charge in [-0.25, -0.2) is 4.48 Å². The lowest BCUT2D eigenvalue weighted by Gasteiger charge is -2.35. The highest BCUT2D eigenvalue weighted by Gasteiger charge is 2.30. The van der Waals surface area contributed by atoms with Crippen LogP contribution in [-0.4, -0.2) is 61.9 Å². The highest BCUT2D eigenvalue weighted by Crippen LogP contribution is 2.32. The molecule has 42 heavy (non-hydrogen) atoms. The number of ether oxygens (including phenoxy) is 3. The van der Waals surface area contributed by atoms with E-state index in [-0.39, 0.29) is 41.6 Å². The maximum Gasteiger partial charge on any atom is 0.191 e. The highest BCUT2D eigenvalue weighted by molar-refractivity contribution is 5.51. The molecule has 0 unspecified atom stereocenters. The minimum Gasteiger partial charge on any atom is -0.872 e. The second kappa shape index (κ2) is 15.1. The van der Waals surface area contributed by atoms with Gasteiger partial charge in [-0.2, -0.15) is 0 Å². The highest BCUT2D eigenvalue weighted by atomic mass is 16.5. The number of quaternary nitrogens is 1. The Balaban J connectivity index is 0.000000260. The first-order chi connectivity index (χ1) is 20.1. The van der Waals surface area contributed by atoms with E-state index in [1.165, 1.54) is 24.3 Å². The molecule has 224 valence electrons. The molecule has 0 atom stereocenters. The van der Waals surface area contributed by atoms with E-state index in [4.69, 9.17) is 14.2 Å². The van der Waals surface area contributed by atoms with Crippen LogP contribution in [-0.2, 0) is 27.1 Å². The van der Waals surface area contributed by atoms with Gasteiger partial charge in [-0.15, -0.1) is 5.75 Å². The molecule has 4 N–H and O–H groups in total. The molecule has 4 aromatic carbocycles. The van der Waals surface area contributed by atoms with E-state index >= 15 is 0 Å². The Morgan fingerprint density at radius 3 is 1.40 bits per heavy atom. The van der Waals surface area contributed by atoms with Crippen molar-refractivity contribution in [1.82, 2.24) is 4.48 Å². The average molecular weight is 578 g/mol. The lowest BCUT2D eigenvalue weighted by molar-refractivity contribution is -0.270. The second-order valence-corrected chi connectivity index (χ2v) is 10.1. The number of nitrogens with zero attached hydrogens (tertiary/aromatic N) is 1. The van der Waals surface area contributed by atoms with Crippen LogP contribution in [0.5, 0.6) is 28.7 Å². The third-order valence-electron chi connectivity index (χ3n) is 6.72. The smallest absolute Gasteiger partial charge is 0.191 e. The van der Waals surface area contributed by atoms with Crippen LogP contribution in [0.3, 0.4) is 0 Å². The molecule has 0 saturated heterocycles. The molecule has 0 heterocycles. The molecule has 0 fully saturated rings. The Bertz CT molecular complexity index is 1350. The lowest BCUT2D eigenvalue weighted by Crippen LogP contribution is -2.53. The zero-order chi connectivity index (χ0) is 30.7. The summed E-state index contributed by atoms with van der Waals surface area (Å²) in [6.45, 7) is 3.43. The van der Waals surface area contributed by atoms with E-state index in [0.29, 0.717) is 46.9 Å². The Morgan fingerprint density at radius 1 is 0.595 bits per heavy atom. The molecule has 0 bridgehead atoms. The molecule has 9 nitrogen and oxygen atoms in total. The number of phenols is 4. The van der Waals surface area contributed by atoms with Crippen molar-refractivity contribution in [3.63, 3.8) is 0 Å². The van der Waals surface area contributed by atoms with Gasteiger partial charge in [0.2, 0.25) is 0 Å². The number of hydrogen-bond donors (Lipinski definition) is 4. The monoisotopic (exact) mass is 577 g/mol. The molecule has 0 aliphatic carbocycles. The summed E-state index contributed by atoms with van der Waals surface area (Å²) in [6.07, 6.45) is 0.475. The zero-order valence-corrected chi connectivity index (χ0v) is 24.4. The number of phenolic OH excluding ortho intramolecular Hbond substituents is 4. The van der Waals surface area contributed by atoms with E-state index in [0.717, 1.165) is 11.3 Å². The van der Waals surface area contributed by atoms with Crippen molar-refractivity contribution in [2.24, 2.45) is 0 Å². The number of aryl methyl sites for hydroxylation is 1. The third-order valence-corrected chi connectivity index (χ3v) is 6.72. The summed E-state index contributed by atoms with van der Waals surface area (Å²) < 4.78 is 16.3. The Kier molecular flexibility index (Phi) is 11.6. The number of rotatable bonds is 11. The molecule has 0 radical (unpaired) electrons. The van der Waals surface area contributed by atoms with Gasteiger partial charge in [0.1, 0.15) is 28.7 Å². The fraction of sp³-hybridized carbons (Fsp3) is 0.273. The summed E-state index contributed by atoms with van der Waals surface area (Å²) in [5, 5.41) is 51.5. The van der Waals surface area contributed by atoms with E-state index in [2.05, 4.69) is 12.1 Å². The van der Waals surface area contributed by atoms with Gasteiger partial charge in [-0.1, -0.05) is 59.2 Å². The summed E-state index contributed by atoms with van der Waals surface area (Å²) in [7, 11) is 5.05. The van der Waals surface area contributed by atoms with Crippen molar-refractivity contribution in [2.75, 3.05) is 41.5 Å². The minimum absolute atomic E-state index is 0.0404. The summed E-state index contributed by atoms with van der Waals surface area (Å²) in [6, 6.07) is 22.2. The fourth-order valence-electron chi connectivity index (χ4n) is 4.83. The second-order valence-electron chi connectivity index (χ2n) is 10.1. The van der Waals surface area contributed by atoms with Crippen LogP contribution in [0.4, 0.5) is 5.69 Å². The van der Waals surface area contributed by atoms with E-state index in [9.17, 15) is 25.5 Å². The molecule has 9 heteroatoms. The molecule has 0 aliphatic rings. The largest absolute Gasteiger partial charge is 0.872 e. The number of aromatic hydroxyl groups is 4. The zero-order valence-electron chi connectivity index (χ0n) is 24.4. The van der Waals surface area contributed by atoms with Crippen LogP contribution in [0.25, 0.3) is 0 Å². The fourth-order valence-corrected chi connectivity index (χ4v) is 4.83. The van der Waals surface area contributed by atoms with Crippen molar-refractivity contribution in [3.8, 4) is 28.7 Å². The topological polar surface area (TPSA) is 132 Å². The van der Waals surface area contributed by atoms with Crippen LogP contribution in [0.15, 0.2) is 78.9 Å². The SMILES string of the molecule is COC[N+](COC)(COC)c1ccccc1.Cc1cc(Cc2ccc(O)cc2O)c([O-])c(Cc2ccc(O)cc2O)c1. The molecular formula is C33H39NO8. The predicted octanol–water partition coefficient (Wildman–Crippen LogP) is 4.88. The first kappa shape index (κ1) is 32.2. The maximum atomic E-state index is 12.8. The molecule has 4 aromatic rings. The quantitative estimate of drug-likeness (QED) is 0.147. The van der Waals surface area contributed by atoms with Crippen molar-refractivity contribution < 1.29 is 39.7 Å². The third kappa shape index (κ3) is 8.37. The number of benzene rings is 4. The summed E-state index contributed by atoms with van der Waals surface area (Å²) >= 11 is 0. The van der Waals surface area contributed by atoms with Crippen LogP contribution >= 0.6 is 0 Å². The Hall–Kier alpha value is -4.28. The average Bonchev–Trinajstić information content (AvgIpc) is 2.95. The maximum absolute atomic E-state index is 12.8. The van der Waals surface area contributed by atoms with Crippen molar-refractivity contribution >= 4 is 5.69 Å². The summed E-state index contributed by atoms with van der Waals surface area (Å²) in [5.41, 5.74) is 4.16. The van der Waals surface area contributed by atoms with Crippen molar-refractivity contribution in [2.45, 2.75) is 19.8 Å². The van der Waals surface area contributed by atoms with Crippen LogP contribution in [0, 0.1) is 6.92 Å². The van der Waals surface area contributed by atoms with Gasteiger partial charge >= 0.3 is 0 Å². The van der Waals surface area contributed by atoms with Crippen LogP contribution in [0.2, 0.25) is 0 Å². The van der Waals surface area contributed by atoms with Crippen LogP contribution < -0.4 is 9.59 Å². The predicted molar refractivity (Wildman–Crippen MR) is 160 cm³/mol. The van der Waals surface area contributed by atoms with Gasteiger partial charge in [-0.3, -0.25) is 0 Å². The van der Waals surface area contributed by atoms with E-state index in [1.807, 2.05) is 25.1 Å². The Labute approximate surface area is 246 Å². The van der Waals surface area contributed by atoms with Crippen molar-refractivity contribution in [1.29, 1.82) is 0 Å². The molecule has 4 rings (SSSR count). The number of para-hydroxylation sites is 1.